The predicted octanol–water partition coefficient (Wildman–Crippen LogP) is 1.28. The van der Waals surface area contributed by atoms with E-state index in [1.165, 1.54) is 19.2 Å². The highest BCUT2D eigenvalue weighted by atomic mass is 19.1. The Bertz CT molecular complexity index is 696. The van der Waals surface area contributed by atoms with Crippen LogP contribution in [-0.2, 0) is 0 Å². The maximum Gasteiger partial charge on any atom is 0.345 e. The van der Waals surface area contributed by atoms with Crippen LogP contribution in [0.4, 0.5) is 4.39 Å². The van der Waals surface area contributed by atoms with Gasteiger partial charge in [0.1, 0.15) is 17.1 Å². The van der Waals surface area contributed by atoms with Gasteiger partial charge in [-0.3, -0.25) is 0 Å². The van der Waals surface area contributed by atoms with Gasteiger partial charge in [0.15, 0.2) is 0 Å². The number of halogens is 1. The summed E-state index contributed by atoms with van der Waals surface area (Å²) in [4.78, 5) is 27.9. The molecule has 0 aliphatic rings. The molecule has 0 spiro atoms. The van der Waals surface area contributed by atoms with Gasteiger partial charge in [-0.25, -0.2) is 19.0 Å². The number of methoxy groups -OCH3 is 1. The van der Waals surface area contributed by atoms with Gasteiger partial charge in [-0.2, -0.15) is 0 Å². The number of aromatic nitrogens is 2. The summed E-state index contributed by atoms with van der Waals surface area (Å²) in [6, 6.07) is 3.59. The first-order valence-electron chi connectivity index (χ1n) is 5.19. The number of benzene rings is 1. The van der Waals surface area contributed by atoms with E-state index in [1.807, 2.05) is 0 Å². The molecule has 7 heteroatoms. The van der Waals surface area contributed by atoms with Crippen LogP contribution in [0.25, 0.3) is 11.3 Å². The van der Waals surface area contributed by atoms with Crippen LogP contribution in [0.5, 0.6) is 5.75 Å². The topological polar surface area (TPSA) is 92.3 Å². The van der Waals surface area contributed by atoms with Gasteiger partial charge in [-0.05, 0) is 18.2 Å². The molecule has 6 nitrogen and oxygen atoms in total. The molecule has 1 aromatic heterocycles. The Morgan fingerprint density at radius 1 is 1.47 bits per heavy atom. The number of carbonyl (C=O) groups is 1. The summed E-state index contributed by atoms with van der Waals surface area (Å²) in [6.07, 6.45) is 0.918. The molecule has 0 aliphatic carbocycles. The quantitative estimate of drug-likeness (QED) is 0.871. The third-order valence-corrected chi connectivity index (χ3v) is 2.47. The normalized spacial score (nSPS) is 10.2. The van der Waals surface area contributed by atoms with E-state index in [2.05, 4.69) is 9.97 Å². The molecule has 2 rings (SSSR count). The van der Waals surface area contributed by atoms with Crippen molar-refractivity contribution in [1.82, 2.24) is 9.97 Å². The van der Waals surface area contributed by atoms with Crippen molar-refractivity contribution < 1.29 is 19.0 Å². The number of hydrogen-bond donors (Lipinski definition) is 2. The zero-order valence-electron chi connectivity index (χ0n) is 9.81. The van der Waals surface area contributed by atoms with E-state index in [1.54, 1.807) is 0 Å². The van der Waals surface area contributed by atoms with Crippen LogP contribution >= 0.6 is 0 Å². The molecule has 0 saturated heterocycles. The maximum atomic E-state index is 13.3. The molecule has 1 heterocycles. The Morgan fingerprint density at radius 3 is 2.84 bits per heavy atom. The Hall–Kier alpha value is -2.70. The van der Waals surface area contributed by atoms with Crippen molar-refractivity contribution in [1.29, 1.82) is 0 Å². The summed E-state index contributed by atoms with van der Waals surface area (Å²) in [5.74, 6) is -1.62. The van der Waals surface area contributed by atoms with Crippen LogP contribution in [-0.4, -0.2) is 28.2 Å². The molecule has 0 fully saturated rings. The molecular formula is C12H9FN2O4. The summed E-state index contributed by atoms with van der Waals surface area (Å²) in [6.45, 7) is 0. The summed E-state index contributed by atoms with van der Waals surface area (Å²) in [7, 11) is 1.36. The van der Waals surface area contributed by atoms with Gasteiger partial charge < -0.3 is 14.8 Å². The van der Waals surface area contributed by atoms with Gasteiger partial charge in [0, 0.05) is 11.8 Å². The van der Waals surface area contributed by atoms with Crippen LogP contribution in [0.1, 0.15) is 10.4 Å². The maximum absolute atomic E-state index is 13.3. The average molecular weight is 264 g/mol. The molecule has 1 aromatic carbocycles. The van der Waals surface area contributed by atoms with Gasteiger partial charge in [0.25, 0.3) is 0 Å². The Morgan fingerprint density at radius 2 is 2.21 bits per heavy atom. The lowest BCUT2D eigenvalue weighted by atomic mass is 10.1. The largest absolute Gasteiger partial charge is 0.496 e. The van der Waals surface area contributed by atoms with Gasteiger partial charge in [0.2, 0.25) is 0 Å². The number of carboxylic acids is 1. The Balaban J connectivity index is 2.77. The highest BCUT2D eigenvalue weighted by Gasteiger charge is 2.17. The zero-order chi connectivity index (χ0) is 14.0. The van der Waals surface area contributed by atoms with E-state index >= 15 is 0 Å². The van der Waals surface area contributed by atoms with Crippen molar-refractivity contribution >= 4 is 5.97 Å². The molecular weight excluding hydrogens is 255 g/mol. The van der Waals surface area contributed by atoms with E-state index in [4.69, 9.17) is 9.84 Å². The lowest BCUT2D eigenvalue weighted by Crippen LogP contribution is -2.15. The summed E-state index contributed by atoms with van der Waals surface area (Å²) >= 11 is 0. The van der Waals surface area contributed by atoms with Crippen LogP contribution in [0.2, 0.25) is 0 Å². The Labute approximate surface area is 106 Å². The van der Waals surface area contributed by atoms with E-state index in [9.17, 15) is 14.0 Å². The van der Waals surface area contributed by atoms with Crippen LogP contribution in [0, 0.1) is 5.82 Å². The Kier molecular flexibility index (Phi) is 3.28. The third-order valence-electron chi connectivity index (χ3n) is 2.47. The third kappa shape index (κ3) is 2.44. The van der Waals surface area contributed by atoms with Crippen molar-refractivity contribution in [2.45, 2.75) is 0 Å². The van der Waals surface area contributed by atoms with Gasteiger partial charge in [0.05, 0.1) is 12.8 Å². The fourth-order valence-electron chi connectivity index (χ4n) is 1.64. The van der Waals surface area contributed by atoms with Crippen LogP contribution in [0.3, 0.4) is 0 Å². The minimum atomic E-state index is -1.29. The second kappa shape index (κ2) is 4.89. The molecule has 0 aliphatic heterocycles. The first-order chi connectivity index (χ1) is 9.02. The minimum Gasteiger partial charge on any atom is -0.496 e. The molecule has 0 amide bonds. The molecule has 2 N–H and O–H groups in total. The summed E-state index contributed by atoms with van der Waals surface area (Å²) < 4.78 is 18.3. The summed E-state index contributed by atoms with van der Waals surface area (Å²) in [5.41, 5.74) is -0.891. The van der Waals surface area contributed by atoms with Crippen molar-refractivity contribution in [3.8, 4) is 17.0 Å². The molecule has 98 valence electrons. The number of aromatic amines is 1. The second-order valence-corrected chi connectivity index (χ2v) is 3.63. The molecule has 0 saturated carbocycles. The van der Waals surface area contributed by atoms with Crippen molar-refractivity contribution in [2.24, 2.45) is 0 Å². The first-order valence-corrected chi connectivity index (χ1v) is 5.19. The van der Waals surface area contributed by atoms with E-state index in [-0.39, 0.29) is 22.6 Å². The van der Waals surface area contributed by atoms with Crippen LogP contribution < -0.4 is 10.4 Å². The van der Waals surface area contributed by atoms with E-state index < -0.39 is 17.5 Å². The number of rotatable bonds is 3. The van der Waals surface area contributed by atoms with Crippen molar-refractivity contribution in [3.63, 3.8) is 0 Å². The second-order valence-electron chi connectivity index (χ2n) is 3.63. The van der Waals surface area contributed by atoms with Crippen LogP contribution in [0.15, 0.2) is 29.2 Å². The predicted molar refractivity (Wildman–Crippen MR) is 63.8 cm³/mol. The number of hydrogen-bond acceptors (Lipinski definition) is 4. The van der Waals surface area contributed by atoms with E-state index in [0.29, 0.717) is 0 Å². The number of nitrogens with zero attached hydrogens (tertiary/aromatic N) is 1. The van der Waals surface area contributed by atoms with Gasteiger partial charge >= 0.3 is 11.7 Å². The van der Waals surface area contributed by atoms with Crippen molar-refractivity contribution in [2.75, 3.05) is 7.11 Å². The molecule has 0 radical (unpaired) electrons. The fourth-order valence-corrected chi connectivity index (χ4v) is 1.64. The SMILES string of the molecule is COc1ccc(F)cc1-c1[nH]c(=O)ncc1C(=O)O. The number of carboxylic acid groups (broad SMARTS) is 1. The van der Waals surface area contributed by atoms with E-state index in [0.717, 1.165) is 12.3 Å². The molecule has 0 bridgehead atoms. The standard InChI is InChI=1S/C12H9FN2O4/c1-19-9-3-2-6(13)4-7(9)10-8(11(16)17)5-14-12(18)15-10/h2-5H,1H3,(H,16,17)(H,14,15,18). The number of nitrogens with one attached hydrogen (secondary N) is 1. The smallest absolute Gasteiger partial charge is 0.345 e. The fraction of sp³-hybridized carbons (Fsp3) is 0.0833. The molecule has 19 heavy (non-hydrogen) atoms. The minimum absolute atomic E-state index is 0.0520. The zero-order valence-corrected chi connectivity index (χ0v) is 9.81. The van der Waals surface area contributed by atoms with Crippen molar-refractivity contribution in [3.05, 3.63) is 46.3 Å². The monoisotopic (exact) mass is 264 g/mol. The highest BCUT2D eigenvalue weighted by molar-refractivity contribution is 5.95. The number of aromatic carboxylic acids is 1. The first kappa shape index (κ1) is 12.7. The highest BCUT2D eigenvalue weighted by Crippen LogP contribution is 2.30. The summed E-state index contributed by atoms with van der Waals surface area (Å²) in [5, 5.41) is 9.05. The average Bonchev–Trinajstić information content (AvgIpc) is 2.38. The van der Waals surface area contributed by atoms with Gasteiger partial charge in [-0.15, -0.1) is 0 Å². The number of ether oxygens (including phenoxy) is 1. The molecule has 0 atom stereocenters. The number of H-pyrrole nitrogens is 1. The molecule has 2 aromatic rings. The molecule has 0 unspecified atom stereocenters. The lowest BCUT2D eigenvalue weighted by Gasteiger charge is -2.10. The lowest BCUT2D eigenvalue weighted by molar-refractivity contribution is 0.0697. The van der Waals surface area contributed by atoms with Gasteiger partial charge in [-0.1, -0.05) is 0 Å².